The molecular weight excluding hydrogens is 338 g/mol. The number of aromatic nitrogens is 2. The van der Waals surface area contributed by atoms with Gasteiger partial charge in [-0.15, -0.1) is 0 Å². The molecule has 0 fully saturated rings. The molecule has 1 aromatic heterocycles. The fourth-order valence-electron chi connectivity index (χ4n) is 2.34. The van der Waals surface area contributed by atoms with E-state index in [4.69, 9.17) is 0 Å². The van der Waals surface area contributed by atoms with E-state index in [-0.39, 0.29) is 11.6 Å². The number of rotatable bonds is 5. The first kappa shape index (κ1) is 17.5. The number of amides is 1. The molecule has 0 aliphatic carbocycles. The van der Waals surface area contributed by atoms with Gasteiger partial charge < -0.3 is 10.6 Å². The molecule has 2 N–H and O–H groups in total. The molecule has 3 aromatic rings. The summed E-state index contributed by atoms with van der Waals surface area (Å²) in [6, 6.07) is 13.1. The first-order valence-corrected chi connectivity index (χ1v) is 7.93. The Morgan fingerprint density at radius 3 is 2.19 bits per heavy atom. The molecule has 0 aliphatic heterocycles. The van der Waals surface area contributed by atoms with Crippen molar-refractivity contribution in [3.8, 4) is 0 Å². The number of hydrogen-bond donors (Lipinski definition) is 2. The van der Waals surface area contributed by atoms with Crippen molar-refractivity contribution in [3.05, 3.63) is 83.7 Å². The third-order valence-corrected chi connectivity index (χ3v) is 3.76. The molecule has 1 atom stereocenters. The predicted octanol–water partition coefficient (Wildman–Crippen LogP) is 4.18. The van der Waals surface area contributed by atoms with Gasteiger partial charge in [-0.2, -0.15) is 0 Å². The second-order valence-electron chi connectivity index (χ2n) is 5.62. The number of carbonyl (C=O) groups excluding carboxylic acids is 1. The van der Waals surface area contributed by atoms with Crippen molar-refractivity contribution in [1.82, 2.24) is 9.97 Å². The first-order chi connectivity index (χ1) is 12.5. The highest BCUT2D eigenvalue weighted by Crippen LogP contribution is 2.19. The molecule has 0 saturated heterocycles. The van der Waals surface area contributed by atoms with Gasteiger partial charge in [0.25, 0.3) is 5.91 Å². The molecule has 5 nitrogen and oxygen atoms in total. The summed E-state index contributed by atoms with van der Waals surface area (Å²) < 4.78 is 27.2. The van der Waals surface area contributed by atoms with Gasteiger partial charge in [-0.25, -0.2) is 18.7 Å². The summed E-state index contributed by atoms with van der Waals surface area (Å²) in [5.74, 6) is -2.06. The van der Waals surface area contributed by atoms with Crippen LogP contribution in [0.25, 0.3) is 0 Å². The van der Waals surface area contributed by atoms with E-state index in [1.165, 1.54) is 18.5 Å². The smallest absolute Gasteiger partial charge is 0.258 e. The Hall–Kier alpha value is -3.35. The van der Waals surface area contributed by atoms with Gasteiger partial charge in [0.05, 0.1) is 11.6 Å². The van der Waals surface area contributed by atoms with E-state index in [9.17, 15) is 13.6 Å². The third kappa shape index (κ3) is 4.00. The van der Waals surface area contributed by atoms with E-state index in [2.05, 4.69) is 20.6 Å². The van der Waals surface area contributed by atoms with Gasteiger partial charge in [0.15, 0.2) is 0 Å². The molecule has 0 bridgehead atoms. The highest BCUT2D eigenvalue weighted by Gasteiger charge is 2.14. The minimum atomic E-state index is -0.853. The summed E-state index contributed by atoms with van der Waals surface area (Å²) in [5.41, 5.74) is 0.649. The van der Waals surface area contributed by atoms with E-state index in [0.29, 0.717) is 5.95 Å². The Balaban J connectivity index is 1.68. The second-order valence-corrected chi connectivity index (χ2v) is 5.62. The summed E-state index contributed by atoms with van der Waals surface area (Å²) in [6.45, 7) is 1.96. The average Bonchev–Trinajstić information content (AvgIpc) is 2.66. The summed E-state index contributed by atoms with van der Waals surface area (Å²) in [6.07, 6.45) is 2.59. The van der Waals surface area contributed by atoms with E-state index in [1.807, 2.05) is 37.3 Å². The molecule has 0 aliphatic rings. The Kier molecular flexibility index (Phi) is 5.17. The third-order valence-electron chi connectivity index (χ3n) is 3.76. The van der Waals surface area contributed by atoms with Gasteiger partial charge >= 0.3 is 0 Å². The largest absolute Gasteiger partial charge is 0.348 e. The maximum Gasteiger partial charge on any atom is 0.258 e. The minimum Gasteiger partial charge on any atom is -0.348 e. The molecule has 1 heterocycles. The number of benzene rings is 2. The van der Waals surface area contributed by atoms with Crippen LogP contribution in [0.4, 0.5) is 20.4 Å². The lowest BCUT2D eigenvalue weighted by Gasteiger charge is -2.14. The Morgan fingerprint density at radius 1 is 0.962 bits per heavy atom. The number of nitrogens with one attached hydrogen (secondary N) is 2. The molecule has 2 aromatic carbocycles. The zero-order chi connectivity index (χ0) is 18.5. The highest BCUT2D eigenvalue weighted by molar-refractivity contribution is 6.04. The van der Waals surface area contributed by atoms with Crippen molar-refractivity contribution < 1.29 is 13.6 Å². The summed E-state index contributed by atoms with van der Waals surface area (Å²) in [5, 5.41) is 5.31. The molecule has 7 heteroatoms. The summed E-state index contributed by atoms with van der Waals surface area (Å²) in [7, 11) is 0. The minimum absolute atomic E-state index is 0.0246. The van der Waals surface area contributed by atoms with Crippen molar-refractivity contribution >= 4 is 17.5 Å². The number of halogens is 2. The van der Waals surface area contributed by atoms with Crippen LogP contribution >= 0.6 is 0 Å². The average molecular weight is 354 g/mol. The zero-order valence-electron chi connectivity index (χ0n) is 13.9. The van der Waals surface area contributed by atoms with Crippen LogP contribution < -0.4 is 10.6 Å². The van der Waals surface area contributed by atoms with Gasteiger partial charge in [0.2, 0.25) is 5.95 Å². The summed E-state index contributed by atoms with van der Waals surface area (Å²) in [4.78, 5) is 20.3. The molecule has 1 amide bonds. The van der Waals surface area contributed by atoms with Crippen LogP contribution in [0.5, 0.6) is 0 Å². The molecule has 1 unspecified atom stereocenters. The van der Waals surface area contributed by atoms with Gasteiger partial charge in [-0.3, -0.25) is 4.79 Å². The van der Waals surface area contributed by atoms with Crippen molar-refractivity contribution in [2.24, 2.45) is 0 Å². The zero-order valence-corrected chi connectivity index (χ0v) is 13.9. The van der Waals surface area contributed by atoms with Crippen LogP contribution in [-0.4, -0.2) is 15.9 Å². The van der Waals surface area contributed by atoms with E-state index >= 15 is 0 Å². The number of anilines is 2. The Bertz CT molecular complexity index is 881. The predicted molar refractivity (Wildman–Crippen MR) is 94.8 cm³/mol. The van der Waals surface area contributed by atoms with Gasteiger partial charge in [0, 0.05) is 12.4 Å². The van der Waals surface area contributed by atoms with Gasteiger partial charge in [0.1, 0.15) is 17.3 Å². The van der Waals surface area contributed by atoms with Gasteiger partial charge in [-0.05, 0) is 24.6 Å². The number of carbonyl (C=O) groups is 1. The lowest BCUT2D eigenvalue weighted by atomic mass is 10.1. The summed E-state index contributed by atoms with van der Waals surface area (Å²) >= 11 is 0. The van der Waals surface area contributed by atoms with Crippen molar-refractivity contribution in [2.45, 2.75) is 13.0 Å². The van der Waals surface area contributed by atoms with Crippen LogP contribution in [0.1, 0.15) is 28.9 Å². The molecule has 0 radical (unpaired) electrons. The maximum atomic E-state index is 13.6. The van der Waals surface area contributed by atoms with Crippen LogP contribution in [0.2, 0.25) is 0 Å². The SMILES string of the molecule is CC(Nc1ncc(C(=O)Nc2c(F)cccc2F)cn1)c1ccccc1. The highest BCUT2D eigenvalue weighted by atomic mass is 19.1. The monoisotopic (exact) mass is 354 g/mol. The van der Waals surface area contributed by atoms with E-state index < -0.39 is 23.2 Å². The van der Waals surface area contributed by atoms with Crippen molar-refractivity contribution in [1.29, 1.82) is 0 Å². The number of para-hydroxylation sites is 1. The lowest BCUT2D eigenvalue weighted by molar-refractivity contribution is 0.102. The van der Waals surface area contributed by atoms with E-state index in [0.717, 1.165) is 17.7 Å². The number of nitrogens with zero attached hydrogens (tertiary/aromatic N) is 2. The lowest BCUT2D eigenvalue weighted by Crippen LogP contribution is -2.16. The molecule has 26 heavy (non-hydrogen) atoms. The van der Waals surface area contributed by atoms with Crippen LogP contribution in [-0.2, 0) is 0 Å². The van der Waals surface area contributed by atoms with Crippen LogP contribution in [0.15, 0.2) is 60.9 Å². The first-order valence-electron chi connectivity index (χ1n) is 7.93. The quantitative estimate of drug-likeness (QED) is 0.721. The molecule has 3 rings (SSSR count). The molecule has 132 valence electrons. The van der Waals surface area contributed by atoms with Crippen molar-refractivity contribution in [3.63, 3.8) is 0 Å². The molecule has 0 spiro atoms. The maximum absolute atomic E-state index is 13.6. The molecular formula is C19H16F2N4O. The normalized spacial score (nSPS) is 11.7. The van der Waals surface area contributed by atoms with Crippen molar-refractivity contribution in [2.75, 3.05) is 10.6 Å². The molecule has 0 saturated carbocycles. The number of hydrogen-bond acceptors (Lipinski definition) is 4. The fraction of sp³-hybridized carbons (Fsp3) is 0.105. The van der Waals surface area contributed by atoms with E-state index in [1.54, 1.807) is 0 Å². The topological polar surface area (TPSA) is 66.9 Å². The second kappa shape index (κ2) is 7.69. The Morgan fingerprint density at radius 2 is 1.58 bits per heavy atom. The van der Waals surface area contributed by atoms with Crippen LogP contribution in [0, 0.1) is 11.6 Å². The Labute approximate surface area is 149 Å². The fourth-order valence-corrected chi connectivity index (χ4v) is 2.34. The van der Waals surface area contributed by atoms with Crippen LogP contribution in [0.3, 0.4) is 0 Å². The van der Waals surface area contributed by atoms with Gasteiger partial charge in [-0.1, -0.05) is 36.4 Å². The standard InChI is InChI=1S/C19H16F2N4O/c1-12(13-6-3-2-4-7-13)24-19-22-10-14(11-23-19)18(26)25-17-15(20)8-5-9-16(17)21/h2-12H,1H3,(H,25,26)(H,22,23,24).